The molecule has 12 heteroatoms. The Hall–Kier alpha value is -2.73. The van der Waals surface area contributed by atoms with Crippen LogP contribution in [0, 0.1) is 0 Å². The highest BCUT2D eigenvalue weighted by Gasteiger charge is 2.52. The molecular formula is C34H46F4N6O2. The van der Waals surface area contributed by atoms with E-state index in [0.29, 0.717) is 89.4 Å². The van der Waals surface area contributed by atoms with Gasteiger partial charge in [0.25, 0.3) is 5.92 Å². The molecule has 46 heavy (non-hydrogen) atoms. The third-order valence-electron chi connectivity index (χ3n) is 11.5. The van der Waals surface area contributed by atoms with Crippen molar-refractivity contribution in [2.24, 2.45) is 0 Å². The Kier molecular flexibility index (Phi) is 8.35. The van der Waals surface area contributed by atoms with Crippen molar-refractivity contribution in [3.8, 4) is 0 Å². The molecule has 3 saturated carbocycles. The zero-order chi connectivity index (χ0) is 32.3. The van der Waals surface area contributed by atoms with Crippen molar-refractivity contribution in [3.63, 3.8) is 0 Å². The first-order valence-electron chi connectivity index (χ1n) is 17.0. The van der Waals surface area contributed by atoms with Crippen molar-refractivity contribution >= 4 is 6.03 Å². The monoisotopic (exact) mass is 646 g/mol. The van der Waals surface area contributed by atoms with Gasteiger partial charge in [0.2, 0.25) is 5.89 Å². The van der Waals surface area contributed by atoms with Crippen LogP contribution >= 0.6 is 0 Å². The Bertz CT molecular complexity index is 1380. The lowest BCUT2D eigenvalue weighted by molar-refractivity contribution is -0.0977. The summed E-state index contributed by atoms with van der Waals surface area (Å²) in [7, 11) is 1.99. The molecule has 2 aliphatic heterocycles. The molecule has 3 aliphatic carbocycles. The minimum Gasteiger partial charge on any atom is -0.339 e. The molecule has 3 heterocycles. The Labute approximate surface area is 268 Å². The van der Waals surface area contributed by atoms with E-state index in [9.17, 15) is 13.6 Å². The number of amides is 2. The fraction of sp³-hybridized carbons (Fsp3) is 0.735. The molecule has 1 N–H and O–H groups in total. The molecule has 1 aromatic carbocycles. The molecule has 8 nitrogen and oxygen atoms in total. The number of urea groups is 1. The highest BCUT2D eigenvalue weighted by Crippen LogP contribution is 2.45. The van der Waals surface area contributed by atoms with Gasteiger partial charge in [0.05, 0.1) is 5.92 Å². The second kappa shape index (κ2) is 12.1. The first kappa shape index (κ1) is 31.8. The number of benzene rings is 1. The summed E-state index contributed by atoms with van der Waals surface area (Å²) in [5, 5.41) is 6.92. The molecule has 5 fully saturated rings. The number of carbonyl (C=O) groups is 1. The summed E-state index contributed by atoms with van der Waals surface area (Å²) >= 11 is 0. The van der Waals surface area contributed by atoms with Gasteiger partial charge in [-0.3, -0.25) is 9.80 Å². The number of hydrogen-bond donors (Lipinski definition) is 1. The third kappa shape index (κ3) is 6.40. The number of rotatable bonds is 8. The van der Waals surface area contributed by atoms with E-state index in [1.54, 1.807) is 4.90 Å². The number of halogens is 4. The lowest BCUT2D eigenvalue weighted by Gasteiger charge is -2.50. The maximum absolute atomic E-state index is 15.7. The topological polar surface area (TPSA) is 77.7 Å². The van der Waals surface area contributed by atoms with Crippen molar-refractivity contribution in [2.45, 2.75) is 118 Å². The zero-order valence-electron chi connectivity index (χ0n) is 26.8. The second-order valence-electron chi connectivity index (χ2n) is 14.9. The van der Waals surface area contributed by atoms with Crippen molar-refractivity contribution < 1.29 is 26.9 Å². The molecule has 6 atom stereocenters. The summed E-state index contributed by atoms with van der Waals surface area (Å²) in [4.78, 5) is 23.9. The molecule has 2 saturated heterocycles. The summed E-state index contributed by atoms with van der Waals surface area (Å²) in [6.45, 7) is 4.32. The molecule has 1 aromatic heterocycles. The lowest BCUT2D eigenvalue weighted by atomic mass is 9.79. The first-order chi connectivity index (χ1) is 21.9. The first-order valence-corrected chi connectivity index (χ1v) is 17.0. The molecular weight excluding hydrogens is 600 g/mol. The summed E-state index contributed by atoms with van der Waals surface area (Å²) < 4.78 is 65.0. The Morgan fingerprint density at radius 3 is 2.43 bits per heavy atom. The maximum atomic E-state index is 15.7. The van der Waals surface area contributed by atoms with Crippen LogP contribution in [0.25, 0.3) is 0 Å². The maximum Gasteiger partial charge on any atom is 0.317 e. The normalized spacial score (nSPS) is 33.5. The quantitative estimate of drug-likeness (QED) is 0.365. The van der Waals surface area contributed by atoms with E-state index >= 15 is 8.78 Å². The SMILES string of the molecule is CN(CC1(F)CC1)C1CCN([C@H]2CCCC(F)(F)[C@@H]2NC(=O)N2CCC(C)(c3noc([C@@H]4C[C@@H]4F)n3)CC2)CC1c1ccccc1. The number of likely N-dealkylation sites (N-methyl/N-ethyl adjacent to an activating group) is 1. The van der Waals surface area contributed by atoms with Crippen LogP contribution in [0.5, 0.6) is 0 Å². The second-order valence-corrected chi connectivity index (χ2v) is 14.9. The van der Waals surface area contributed by atoms with Gasteiger partial charge >= 0.3 is 6.03 Å². The smallest absolute Gasteiger partial charge is 0.317 e. The van der Waals surface area contributed by atoms with E-state index in [2.05, 4.69) is 37.4 Å². The summed E-state index contributed by atoms with van der Waals surface area (Å²) in [6, 6.07) is 7.93. The molecule has 2 amide bonds. The predicted molar refractivity (Wildman–Crippen MR) is 164 cm³/mol. The largest absolute Gasteiger partial charge is 0.339 e. The number of piperidine rings is 2. The molecule has 0 bridgehead atoms. The van der Waals surface area contributed by atoms with E-state index in [1.165, 1.54) is 0 Å². The van der Waals surface area contributed by atoms with E-state index < -0.39 is 41.3 Å². The van der Waals surface area contributed by atoms with E-state index in [4.69, 9.17) is 4.52 Å². The van der Waals surface area contributed by atoms with Gasteiger partial charge < -0.3 is 14.7 Å². The molecule has 252 valence electrons. The number of aromatic nitrogens is 2. The number of nitrogens with zero attached hydrogens (tertiary/aromatic N) is 5. The van der Waals surface area contributed by atoms with Gasteiger partial charge in [0.1, 0.15) is 17.9 Å². The summed E-state index contributed by atoms with van der Waals surface area (Å²) in [6.07, 6.45) is 3.22. The van der Waals surface area contributed by atoms with Crippen LogP contribution in [0.15, 0.2) is 34.9 Å². The van der Waals surface area contributed by atoms with Gasteiger partial charge in [-0.2, -0.15) is 4.98 Å². The van der Waals surface area contributed by atoms with Crippen LogP contribution in [-0.2, 0) is 5.41 Å². The van der Waals surface area contributed by atoms with Crippen LogP contribution in [0.3, 0.4) is 0 Å². The minimum atomic E-state index is -3.04. The molecule has 2 unspecified atom stereocenters. The minimum absolute atomic E-state index is 0.0373. The van der Waals surface area contributed by atoms with E-state index in [1.807, 2.05) is 32.2 Å². The number of likely N-dealkylation sites (tertiary alicyclic amines) is 2. The number of carbonyl (C=O) groups excluding carboxylic acids is 1. The summed E-state index contributed by atoms with van der Waals surface area (Å²) in [5.41, 5.74) is -0.422. The van der Waals surface area contributed by atoms with Crippen LogP contribution in [0.4, 0.5) is 22.4 Å². The van der Waals surface area contributed by atoms with Gasteiger partial charge in [-0.25, -0.2) is 22.4 Å². The number of hydrogen-bond acceptors (Lipinski definition) is 6. The van der Waals surface area contributed by atoms with Crippen LogP contribution in [0.1, 0.15) is 93.8 Å². The molecule has 7 rings (SSSR count). The lowest BCUT2D eigenvalue weighted by Crippen LogP contribution is -2.65. The van der Waals surface area contributed by atoms with Gasteiger partial charge in [-0.1, -0.05) is 42.4 Å². The van der Waals surface area contributed by atoms with E-state index in [-0.39, 0.29) is 24.3 Å². The molecule has 0 spiro atoms. The third-order valence-corrected chi connectivity index (χ3v) is 11.5. The van der Waals surface area contributed by atoms with Gasteiger partial charge in [0, 0.05) is 62.6 Å². The van der Waals surface area contributed by atoms with Crippen molar-refractivity contribution in [2.75, 3.05) is 39.8 Å². The van der Waals surface area contributed by atoms with Crippen LogP contribution in [0.2, 0.25) is 0 Å². The molecule has 2 aromatic rings. The van der Waals surface area contributed by atoms with Crippen LogP contribution < -0.4 is 5.32 Å². The number of alkyl halides is 4. The Balaban J connectivity index is 1.03. The average molecular weight is 647 g/mol. The standard InChI is InChI=1S/C34H46F4N6O2/c1-32(30-40-29(46-41-30)23-19-25(23)35)14-17-43(18-15-32)31(45)39-28-27(9-6-11-34(28,37)38)44-16-10-26(42(2)21-33(36)12-13-33)24(20-44)22-7-4-3-5-8-22/h3-5,7-8,23-28H,6,9-21H2,1-2H3,(H,39,45)/t23-,24?,25+,26?,27+,28-/m1/s1. The fourth-order valence-electron chi connectivity index (χ4n) is 8.13. The van der Waals surface area contributed by atoms with Crippen molar-refractivity contribution in [3.05, 3.63) is 47.6 Å². The number of nitrogens with one attached hydrogen (secondary N) is 1. The average Bonchev–Trinajstić information content (AvgIpc) is 3.90. The molecule has 0 radical (unpaired) electrons. The Morgan fingerprint density at radius 1 is 1.04 bits per heavy atom. The summed E-state index contributed by atoms with van der Waals surface area (Å²) in [5.74, 6) is -2.48. The van der Waals surface area contributed by atoms with E-state index in [0.717, 1.165) is 12.0 Å². The highest BCUT2D eigenvalue weighted by atomic mass is 19.3. The van der Waals surface area contributed by atoms with Crippen molar-refractivity contribution in [1.29, 1.82) is 0 Å². The van der Waals surface area contributed by atoms with Crippen molar-refractivity contribution in [1.82, 2.24) is 30.2 Å². The fourth-order valence-corrected chi connectivity index (χ4v) is 8.13. The van der Waals surface area contributed by atoms with Gasteiger partial charge in [-0.05, 0) is 64.0 Å². The van der Waals surface area contributed by atoms with Gasteiger partial charge in [0.15, 0.2) is 5.82 Å². The van der Waals surface area contributed by atoms with Crippen LogP contribution in [-0.4, -0.2) is 107 Å². The predicted octanol–water partition coefficient (Wildman–Crippen LogP) is 5.81. The highest BCUT2D eigenvalue weighted by molar-refractivity contribution is 5.75. The molecule has 5 aliphatic rings. The van der Waals surface area contributed by atoms with Gasteiger partial charge in [-0.15, -0.1) is 0 Å². The zero-order valence-corrected chi connectivity index (χ0v) is 26.8. The Morgan fingerprint density at radius 2 is 1.76 bits per heavy atom.